The van der Waals surface area contributed by atoms with Crippen LogP contribution in [-0.4, -0.2) is 16.6 Å². The fourth-order valence-electron chi connectivity index (χ4n) is 1.38. The van der Waals surface area contributed by atoms with Crippen LogP contribution in [0, 0.1) is 0 Å². The van der Waals surface area contributed by atoms with Crippen molar-refractivity contribution in [1.29, 1.82) is 0 Å². The Morgan fingerprint density at radius 1 is 1.31 bits per heavy atom. The summed E-state index contributed by atoms with van der Waals surface area (Å²) in [5.74, 6) is 0.709. The summed E-state index contributed by atoms with van der Waals surface area (Å²) in [6.45, 7) is 0. The molecule has 3 nitrogen and oxygen atoms in total. The summed E-state index contributed by atoms with van der Waals surface area (Å²) in [5.41, 5.74) is 0.789. The van der Waals surface area contributed by atoms with Gasteiger partial charge in [-0.25, -0.2) is 4.98 Å². The molecule has 1 aromatic carbocycles. The largest absolute Gasteiger partial charge is 0.358 e. The molecule has 1 aromatic heterocycles. The SMILES string of the molecule is CNc1nccn1-c1ccc(Br)c(Cl)c1Cl. The van der Waals surface area contributed by atoms with E-state index in [1.165, 1.54) is 0 Å². The van der Waals surface area contributed by atoms with E-state index in [0.717, 1.165) is 10.2 Å². The molecule has 0 saturated heterocycles. The van der Waals surface area contributed by atoms with E-state index < -0.39 is 0 Å². The van der Waals surface area contributed by atoms with Crippen LogP contribution in [0.4, 0.5) is 5.95 Å². The maximum Gasteiger partial charge on any atom is 0.207 e. The molecule has 84 valence electrons. The van der Waals surface area contributed by atoms with E-state index in [9.17, 15) is 0 Å². The molecule has 0 saturated carbocycles. The molecule has 2 aromatic rings. The second kappa shape index (κ2) is 4.65. The molecule has 0 aliphatic carbocycles. The number of nitrogens with one attached hydrogen (secondary N) is 1. The number of rotatable bonds is 2. The average molecular weight is 321 g/mol. The highest BCUT2D eigenvalue weighted by atomic mass is 79.9. The van der Waals surface area contributed by atoms with Gasteiger partial charge in [-0.2, -0.15) is 0 Å². The molecule has 0 bridgehead atoms. The molecule has 0 radical (unpaired) electrons. The van der Waals surface area contributed by atoms with Crippen molar-refractivity contribution in [3.63, 3.8) is 0 Å². The minimum absolute atomic E-state index is 0.491. The zero-order chi connectivity index (χ0) is 11.7. The van der Waals surface area contributed by atoms with E-state index >= 15 is 0 Å². The predicted molar refractivity (Wildman–Crippen MR) is 70.8 cm³/mol. The van der Waals surface area contributed by atoms with E-state index in [2.05, 4.69) is 26.2 Å². The number of halogens is 3. The summed E-state index contributed by atoms with van der Waals surface area (Å²) in [4.78, 5) is 4.14. The van der Waals surface area contributed by atoms with Crippen LogP contribution < -0.4 is 5.32 Å². The molecule has 1 heterocycles. The molecule has 0 fully saturated rings. The molecule has 0 amide bonds. The lowest BCUT2D eigenvalue weighted by atomic mass is 10.3. The fraction of sp³-hybridized carbons (Fsp3) is 0.100. The molecule has 2 rings (SSSR count). The van der Waals surface area contributed by atoms with E-state index in [0.29, 0.717) is 16.0 Å². The predicted octanol–water partition coefficient (Wildman–Crippen LogP) is 3.98. The topological polar surface area (TPSA) is 29.9 Å². The van der Waals surface area contributed by atoms with Crippen LogP contribution >= 0.6 is 39.1 Å². The number of anilines is 1. The second-order valence-electron chi connectivity index (χ2n) is 3.07. The number of hydrogen-bond donors (Lipinski definition) is 1. The first-order valence-corrected chi connectivity index (χ1v) is 6.05. The fourth-order valence-corrected chi connectivity index (χ4v) is 2.24. The highest BCUT2D eigenvalue weighted by molar-refractivity contribution is 9.10. The smallest absolute Gasteiger partial charge is 0.207 e. The normalized spacial score (nSPS) is 10.5. The van der Waals surface area contributed by atoms with Crippen LogP contribution in [0.5, 0.6) is 0 Å². The standard InChI is InChI=1S/C10H8BrCl2N3/c1-14-10-15-4-5-16(10)7-3-2-6(11)8(12)9(7)13/h2-5H,1H3,(H,14,15). The Kier molecular flexibility index (Phi) is 3.42. The molecule has 16 heavy (non-hydrogen) atoms. The maximum atomic E-state index is 6.18. The lowest BCUT2D eigenvalue weighted by molar-refractivity contribution is 1.05. The van der Waals surface area contributed by atoms with Crippen molar-refractivity contribution in [3.8, 4) is 5.69 Å². The van der Waals surface area contributed by atoms with Crippen LogP contribution in [0.2, 0.25) is 10.0 Å². The Morgan fingerprint density at radius 2 is 2.06 bits per heavy atom. The average Bonchev–Trinajstić information content (AvgIpc) is 2.74. The summed E-state index contributed by atoms with van der Waals surface area (Å²) in [5, 5.41) is 3.96. The van der Waals surface area contributed by atoms with Gasteiger partial charge in [0.1, 0.15) is 0 Å². The van der Waals surface area contributed by atoms with Crippen molar-refractivity contribution in [2.75, 3.05) is 12.4 Å². The number of hydrogen-bond acceptors (Lipinski definition) is 2. The first-order chi connectivity index (χ1) is 7.65. The number of aromatic nitrogens is 2. The zero-order valence-corrected chi connectivity index (χ0v) is 11.4. The van der Waals surface area contributed by atoms with Crippen molar-refractivity contribution in [1.82, 2.24) is 9.55 Å². The molecule has 0 atom stereocenters. The molecule has 1 N–H and O–H groups in total. The Hall–Kier alpha value is -0.710. The van der Waals surface area contributed by atoms with Gasteiger partial charge in [-0.15, -0.1) is 0 Å². The second-order valence-corrected chi connectivity index (χ2v) is 4.68. The number of nitrogens with zero attached hydrogens (tertiary/aromatic N) is 2. The van der Waals surface area contributed by atoms with Gasteiger partial charge in [-0.3, -0.25) is 4.57 Å². The van der Waals surface area contributed by atoms with Crippen molar-refractivity contribution >= 4 is 45.1 Å². The summed E-state index contributed by atoms with van der Waals surface area (Å²) in [6, 6.07) is 3.73. The zero-order valence-electron chi connectivity index (χ0n) is 8.34. The maximum absolute atomic E-state index is 6.18. The summed E-state index contributed by atoms with van der Waals surface area (Å²) in [6.07, 6.45) is 3.51. The van der Waals surface area contributed by atoms with Crippen molar-refractivity contribution in [2.24, 2.45) is 0 Å². The van der Waals surface area contributed by atoms with E-state index in [1.54, 1.807) is 13.2 Å². The number of benzene rings is 1. The quantitative estimate of drug-likeness (QED) is 0.848. The summed E-state index contributed by atoms with van der Waals surface area (Å²) in [7, 11) is 1.80. The first-order valence-electron chi connectivity index (χ1n) is 4.50. The first kappa shape index (κ1) is 11.8. The highest BCUT2D eigenvalue weighted by Crippen LogP contribution is 2.35. The Labute approximate surface area is 112 Å². The molecular formula is C10H8BrCl2N3. The molecule has 0 unspecified atom stereocenters. The minimum atomic E-state index is 0.491. The van der Waals surface area contributed by atoms with Crippen molar-refractivity contribution < 1.29 is 0 Å². The van der Waals surface area contributed by atoms with Gasteiger partial charge in [0.25, 0.3) is 0 Å². The molecule has 0 spiro atoms. The van der Waals surface area contributed by atoms with Crippen LogP contribution in [0.15, 0.2) is 29.0 Å². The van der Waals surface area contributed by atoms with Gasteiger partial charge >= 0.3 is 0 Å². The van der Waals surface area contributed by atoms with E-state index in [1.807, 2.05) is 22.9 Å². The Morgan fingerprint density at radius 3 is 2.75 bits per heavy atom. The molecule has 0 aliphatic rings. The minimum Gasteiger partial charge on any atom is -0.358 e. The van der Waals surface area contributed by atoms with Gasteiger partial charge in [-0.05, 0) is 28.1 Å². The Balaban J connectivity index is 2.61. The van der Waals surface area contributed by atoms with Gasteiger partial charge in [0.05, 0.1) is 15.7 Å². The molecular weight excluding hydrogens is 313 g/mol. The van der Waals surface area contributed by atoms with Crippen molar-refractivity contribution in [3.05, 3.63) is 39.0 Å². The molecule has 0 aliphatic heterocycles. The Bertz CT molecular complexity index is 525. The summed E-state index contributed by atoms with van der Waals surface area (Å²) < 4.78 is 2.61. The van der Waals surface area contributed by atoms with Crippen LogP contribution in [0.3, 0.4) is 0 Å². The summed E-state index contributed by atoms with van der Waals surface area (Å²) >= 11 is 15.6. The van der Waals surface area contributed by atoms with Gasteiger partial charge in [0.15, 0.2) is 0 Å². The highest BCUT2D eigenvalue weighted by Gasteiger charge is 2.12. The lowest BCUT2D eigenvalue weighted by Gasteiger charge is -2.10. The van der Waals surface area contributed by atoms with Gasteiger partial charge in [-0.1, -0.05) is 23.2 Å². The van der Waals surface area contributed by atoms with Crippen LogP contribution in [0.25, 0.3) is 5.69 Å². The molecule has 6 heteroatoms. The third-order valence-corrected chi connectivity index (χ3v) is 3.90. The third kappa shape index (κ3) is 1.93. The van der Waals surface area contributed by atoms with Crippen molar-refractivity contribution in [2.45, 2.75) is 0 Å². The third-order valence-electron chi connectivity index (χ3n) is 2.14. The monoisotopic (exact) mass is 319 g/mol. The van der Waals surface area contributed by atoms with Crippen LogP contribution in [-0.2, 0) is 0 Å². The van der Waals surface area contributed by atoms with E-state index in [-0.39, 0.29) is 0 Å². The van der Waals surface area contributed by atoms with Gasteiger partial charge in [0, 0.05) is 23.9 Å². The number of imidazole rings is 1. The van der Waals surface area contributed by atoms with E-state index in [4.69, 9.17) is 23.2 Å². The van der Waals surface area contributed by atoms with Crippen LogP contribution in [0.1, 0.15) is 0 Å². The lowest BCUT2D eigenvalue weighted by Crippen LogP contribution is -2.01. The van der Waals surface area contributed by atoms with Gasteiger partial charge < -0.3 is 5.32 Å². The van der Waals surface area contributed by atoms with Gasteiger partial charge in [0.2, 0.25) is 5.95 Å².